The molecule has 0 bridgehead atoms. The fraction of sp³-hybridized carbons (Fsp3) is 0.417. The van der Waals surface area contributed by atoms with Crippen molar-refractivity contribution in [3.05, 3.63) is 36.8 Å². The SMILES string of the molecule is [CH2]c1ccc(SC2CCCC2)cc1. The van der Waals surface area contributed by atoms with E-state index in [1.54, 1.807) is 0 Å². The molecule has 1 aromatic rings. The fourth-order valence-corrected chi connectivity index (χ4v) is 3.01. The molecule has 1 aliphatic rings. The van der Waals surface area contributed by atoms with E-state index in [4.69, 9.17) is 0 Å². The molecule has 69 valence electrons. The van der Waals surface area contributed by atoms with E-state index in [2.05, 4.69) is 31.2 Å². The second-order valence-corrected chi connectivity index (χ2v) is 5.04. The van der Waals surface area contributed by atoms with Crippen LogP contribution in [0.15, 0.2) is 29.2 Å². The number of hydrogen-bond acceptors (Lipinski definition) is 1. The molecule has 0 aromatic heterocycles. The molecule has 0 aliphatic heterocycles. The van der Waals surface area contributed by atoms with Crippen molar-refractivity contribution < 1.29 is 0 Å². The van der Waals surface area contributed by atoms with Crippen molar-refractivity contribution in [2.24, 2.45) is 0 Å². The van der Waals surface area contributed by atoms with Crippen LogP contribution in [0.1, 0.15) is 31.2 Å². The first-order valence-electron chi connectivity index (χ1n) is 4.93. The molecule has 0 N–H and O–H groups in total. The van der Waals surface area contributed by atoms with Gasteiger partial charge in [0.15, 0.2) is 0 Å². The van der Waals surface area contributed by atoms with E-state index in [9.17, 15) is 0 Å². The van der Waals surface area contributed by atoms with Crippen molar-refractivity contribution in [3.63, 3.8) is 0 Å². The summed E-state index contributed by atoms with van der Waals surface area (Å²) in [7, 11) is 0. The molecule has 1 aliphatic carbocycles. The second kappa shape index (κ2) is 4.19. The van der Waals surface area contributed by atoms with Gasteiger partial charge in [0.25, 0.3) is 0 Å². The number of benzene rings is 1. The van der Waals surface area contributed by atoms with Gasteiger partial charge in [-0.05, 0) is 37.5 Å². The Hall–Kier alpha value is -0.430. The van der Waals surface area contributed by atoms with Gasteiger partial charge in [0.1, 0.15) is 0 Å². The van der Waals surface area contributed by atoms with E-state index in [1.165, 1.54) is 30.6 Å². The van der Waals surface area contributed by atoms with Crippen LogP contribution < -0.4 is 0 Å². The Labute approximate surface area is 84.7 Å². The zero-order chi connectivity index (χ0) is 9.10. The van der Waals surface area contributed by atoms with Gasteiger partial charge in [0.2, 0.25) is 0 Å². The predicted octanol–water partition coefficient (Wildman–Crippen LogP) is 3.90. The third kappa shape index (κ3) is 2.50. The molecule has 0 amide bonds. The molecule has 1 fully saturated rings. The lowest BCUT2D eigenvalue weighted by Crippen LogP contribution is -1.92. The normalized spacial score (nSPS) is 17.9. The van der Waals surface area contributed by atoms with E-state index < -0.39 is 0 Å². The molecule has 0 heterocycles. The molecule has 13 heavy (non-hydrogen) atoms. The molecular formula is C12H15S. The van der Waals surface area contributed by atoms with E-state index in [0.29, 0.717) is 0 Å². The van der Waals surface area contributed by atoms with Crippen LogP contribution in [-0.2, 0) is 0 Å². The second-order valence-electron chi connectivity index (χ2n) is 3.67. The average Bonchev–Trinajstić information content (AvgIpc) is 2.62. The summed E-state index contributed by atoms with van der Waals surface area (Å²) in [5, 5.41) is 0.871. The first kappa shape index (κ1) is 9.14. The lowest BCUT2D eigenvalue weighted by molar-refractivity contribution is 0.886. The van der Waals surface area contributed by atoms with Crippen LogP contribution in [0.25, 0.3) is 0 Å². The highest BCUT2D eigenvalue weighted by molar-refractivity contribution is 8.00. The Morgan fingerprint density at radius 1 is 1.08 bits per heavy atom. The zero-order valence-electron chi connectivity index (χ0n) is 7.83. The number of hydrogen-bond donors (Lipinski definition) is 0. The molecule has 1 saturated carbocycles. The predicted molar refractivity (Wildman–Crippen MR) is 59.0 cm³/mol. The monoisotopic (exact) mass is 191 g/mol. The number of thioether (sulfide) groups is 1. The third-order valence-electron chi connectivity index (χ3n) is 2.53. The average molecular weight is 191 g/mol. The number of rotatable bonds is 2. The molecule has 0 nitrogen and oxygen atoms in total. The summed E-state index contributed by atoms with van der Waals surface area (Å²) < 4.78 is 0. The van der Waals surface area contributed by atoms with Crippen LogP contribution in [0.4, 0.5) is 0 Å². The van der Waals surface area contributed by atoms with E-state index in [-0.39, 0.29) is 0 Å². The van der Waals surface area contributed by atoms with Gasteiger partial charge in [0, 0.05) is 10.1 Å². The highest BCUT2D eigenvalue weighted by Gasteiger charge is 2.15. The first-order chi connectivity index (χ1) is 6.34. The van der Waals surface area contributed by atoms with Crippen LogP contribution in [-0.4, -0.2) is 5.25 Å². The highest BCUT2D eigenvalue weighted by atomic mass is 32.2. The first-order valence-corrected chi connectivity index (χ1v) is 5.81. The summed E-state index contributed by atoms with van der Waals surface area (Å²) in [6.45, 7) is 3.88. The lowest BCUT2D eigenvalue weighted by Gasteiger charge is -2.08. The molecule has 0 unspecified atom stereocenters. The summed E-state index contributed by atoms with van der Waals surface area (Å²) in [4.78, 5) is 1.40. The van der Waals surface area contributed by atoms with E-state index in [0.717, 1.165) is 10.8 Å². The topological polar surface area (TPSA) is 0 Å². The van der Waals surface area contributed by atoms with E-state index >= 15 is 0 Å². The van der Waals surface area contributed by atoms with Crippen molar-refractivity contribution in [2.45, 2.75) is 35.8 Å². The lowest BCUT2D eigenvalue weighted by atomic mass is 10.2. The van der Waals surface area contributed by atoms with Crippen LogP contribution in [0, 0.1) is 6.92 Å². The largest absolute Gasteiger partial charge is 0.123 e. The smallest absolute Gasteiger partial charge is 0.00944 e. The van der Waals surface area contributed by atoms with Gasteiger partial charge < -0.3 is 0 Å². The van der Waals surface area contributed by atoms with E-state index in [1.807, 2.05) is 11.8 Å². The maximum Gasteiger partial charge on any atom is 0.00944 e. The maximum absolute atomic E-state index is 3.88. The molecule has 0 saturated heterocycles. The van der Waals surface area contributed by atoms with Crippen molar-refractivity contribution in [2.75, 3.05) is 0 Å². The minimum atomic E-state index is 0.871. The van der Waals surface area contributed by atoms with Crippen LogP contribution in [0.5, 0.6) is 0 Å². The summed E-state index contributed by atoms with van der Waals surface area (Å²) in [6, 6.07) is 8.56. The molecule has 2 rings (SSSR count). The van der Waals surface area contributed by atoms with Crippen molar-refractivity contribution >= 4 is 11.8 Å². The van der Waals surface area contributed by atoms with Gasteiger partial charge >= 0.3 is 0 Å². The fourth-order valence-electron chi connectivity index (χ4n) is 1.77. The molecule has 0 atom stereocenters. The summed E-state index contributed by atoms with van der Waals surface area (Å²) in [5.74, 6) is 0. The minimum Gasteiger partial charge on any atom is -0.123 e. The van der Waals surface area contributed by atoms with Gasteiger partial charge in [-0.15, -0.1) is 11.8 Å². The molecule has 1 aromatic carbocycles. The van der Waals surface area contributed by atoms with Crippen LogP contribution in [0.2, 0.25) is 0 Å². The van der Waals surface area contributed by atoms with Gasteiger partial charge in [-0.3, -0.25) is 0 Å². The van der Waals surface area contributed by atoms with Crippen molar-refractivity contribution in [1.82, 2.24) is 0 Å². The Morgan fingerprint density at radius 3 is 2.31 bits per heavy atom. The molecule has 0 spiro atoms. The minimum absolute atomic E-state index is 0.871. The Kier molecular flexibility index (Phi) is 2.94. The Bertz CT molecular complexity index is 257. The molecular weight excluding hydrogens is 176 g/mol. The quantitative estimate of drug-likeness (QED) is 0.683. The standard InChI is InChI=1S/C12H15S/c1-10-6-8-12(9-7-10)13-11-4-2-3-5-11/h6-9,11H,1-5H2. The zero-order valence-corrected chi connectivity index (χ0v) is 8.65. The van der Waals surface area contributed by atoms with Crippen molar-refractivity contribution in [3.8, 4) is 0 Å². The summed E-state index contributed by atoms with van der Waals surface area (Å²) in [6.07, 6.45) is 5.64. The third-order valence-corrected chi connectivity index (χ3v) is 3.88. The Balaban J connectivity index is 1.97. The van der Waals surface area contributed by atoms with Crippen molar-refractivity contribution in [1.29, 1.82) is 0 Å². The Morgan fingerprint density at radius 2 is 1.69 bits per heavy atom. The van der Waals surface area contributed by atoms with Gasteiger partial charge in [-0.25, -0.2) is 0 Å². The van der Waals surface area contributed by atoms with Crippen LogP contribution in [0.3, 0.4) is 0 Å². The maximum atomic E-state index is 3.88. The highest BCUT2D eigenvalue weighted by Crippen LogP contribution is 2.34. The van der Waals surface area contributed by atoms with Gasteiger partial charge in [0.05, 0.1) is 0 Å². The molecule has 1 radical (unpaired) electrons. The summed E-state index contributed by atoms with van der Waals surface area (Å²) in [5.41, 5.74) is 1.11. The van der Waals surface area contributed by atoms with Crippen LogP contribution >= 0.6 is 11.8 Å². The van der Waals surface area contributed by atoms with Gasteiger partial charge in [-0.1, -0.05) is 25.0 Å². The molecule has 1 heteroatoms. The summed E-state index contributed by atoms with van der Waals surface area (Å²) >= 11 is 2.03. The van der Waals surface area contributed by atoms with Gasteiger partial charge in [-0.2, -0.15) is 0 Å².